The fraction of sp³-hybridized carbons (Fsp3) is 0.174. The Balaban J connectivity index is 1.66. The predicted octanol–water partition coefficient (Wildman–Crippen LogP) is 4.27. The van der Waals surface area contributed by atoms with Crippen molar-refractivity contribution in [1.29, 1.82) is 0 Å². The van der Waals surface area contributed by atoms with Gasteiger partial charge in [0.2, 0.25) is 5.91 Å². The maximum atomic E-state index is 13.3. The van der Waals surface area contributed by atoms with Crippen molar-refractivity contribution in [1.82, 2.24) is 10.6 Å². The Hall–Kier alpha value is -3.05. The van der Waals surface area contributed by atoms with Crippen molar-refractivity contribution in [3.05, 3.63) is 107 Å². The fourth-order valence-corrected chi connectivity index (χ4v) is 3.02. The van der Waals surface area contributed by atoms with E-state index in [0.29, 0.717) is 6.54 Å². The number of aryl methyl sites for hydroxylation is 1. The van der Waals surface area contributed by atoms with Gasteiger partial charge >= 0.3 is 0 Å². The molecule has 1 amide bonds. The summed E-state index contributed by atoms with van der Waals surface area (Å²) in [5.41, 5.74) is 3.75. The smallest absolute Gasteiger partial charge is 0.234 e. The van der Waals surface area contributed by atoms with Crippen molar-refractivity contribution in [2.45, 2.75) is 19.5 Å². The van der Waals surface area contributed by atoms with Crippen LogP contribution in [-0.2, 0) is 11.3 Å². The first-order valence-corrected chi connectivity index (χ1v) is 9.08. The Labute approximate surface area is 163 Å². The molecule has 0 aliphatic rings. The van der Waals surface area contributed by atoms with E-state index in [-0.39, 0.29) is 30.1 Å². The third-order valence-corrected chi connectivity index (χ3v) is 4.45. The molecule has 3 aromatic carbocycles. The van der Waals surface area contributed by atoms with Crippen molar-refractivity contribution in [2.24, 2.45) is 0 Å². The van der Waals surface area contributed by atoms with Crippen molar-refractivity contribution < 1.29 is 13.6 Å². The molecule has 0 unspecified atom stereocenters. The zero-order valence-corrected chi connectivity index (χ0v) is 15.6. The predicted molar refractivity (Wildman–Crippen MR) is 106 cm³/mol. The first kappa shape index (κ1) is 19.7. The average Bonchev–Trinajstić information content (AvgIpc) is 2.69. The van der Waals surface area contributed by atoms with Crippen LogP contribution in [-0.4, -0.2) is 12.5 Å². The summed E-state index contributed by atoms with van der Waals surface area (Å²) < 4.78 is 26.6. The first-order valence-electron chi connectivity index (χ1n) is 9.08. The van der Waals surface area contributed by atoms with Gasteiger partial charge in [-0.3, -0.25) is 10.1 Å². The number of halogens is 2. The highest BCUT2D eigenvalue weighted by atomic mass is 19.1. The van der Waals surface area contributed by atoms with Crippen LogP contribution in [0.2, 0.25) is 0 Å². The Morgan fingerprint density at radius 2 is 1.46 bits per heavy atom. The molecule has 28 heavy (non-hydrogen) atoms. The molecule has 3 nitrogen and oxygen atoms in total. The summed E-state index contributed by atoms with van der Waals surface area (Å²) in [5, 5.41) is 6.06. The van der Waals surface area contributed by atoms with Crippen LogP contribution in [0.15, 0.2) is 72.8 Å². The molecule has 0 radical (unpaired) electrons. The van der Waals surface area contributed by atoms with E-state index in [1.165, 1.54) is 24.3 Å². The van der Waals surface area contributed by atoms with Gasteiger partial charge in [0.25, 0.3) is 0 Å². The SMILES string of the molecule is Cc1cccc(CNC(=O)CNC(c2ccc(F)cc2)c2ccc(F)cc2)c1. The van der Waals surface area contributed by atoms with E-state index < -0.39 is 0 Å². The van der Waals surface area contributed by atoms with Crippen molar-refractivity contribution >= 4 is 5.91 Å². The van der Waals surface area contributed by atoms with Crippen molar-refractivity contribution in [3.8, 4) is 0 Å². The summed E-state index contributed by atoms with van der Waals surface area (Å²) in [6, 6.07) is 19.7. The summed E-state index contributed by atoms with van der Waals surface area (Å²) in [4.78, 5) is 12.3. The highest BCUT2D eigenvalue weighted by molar-refractivity contribution is 5.78. The lowest BCUT2D eigenvalue weighted by molar-refractivity contribution is -0.120. The average molecular weight is 380 g/mol. The molecule has 0 bridgehead atoms. The summed E-state index contributed by atoms with van der Waals surface area (Å²) >= 11 is 0. The molecule has 0 aliphatic heterocycles. The Bertz CT molecular complexity index is 879. The number of rotatable bonds is 7. The number of hydrogen-bond donors (Lipinski definition) is 2. The van der Waals surface area contributed by atoms with Crippen molar-refractivity contribution in [2.75, 3.05) is 6.54 Å². The van der Waals surface area contributed by atoms with Gasteiger partial charge in [0.05, 0.1) is 12.6 Å². The van der Waals surface area contributed by atoms with E-state index in [4.69, 9.17) is 0 Å². The second kappa shape index (κ2) is 9.24. The number of amides is 1. The largest absolute Gasteiger partial charge is 0.351 e. The van der Waals surface area contributed by atoms with Gasteiger partial charge in [-0.05, 0) is 47.9 Å². The van der Waals surface area contributed by atoms with Crippen LogP contribution in [0.4, 0.5) is 8.78 Å². The topological polar surface area (TPSA) is 41.1 Å². The zero-order valence-electron chi connectivity index (χ0n) is 15.6. The van der Waals surface area contributed by atoms with Gasteiger partial charge in [0.1, 0.15) is 11.6 Å². The number of carbonyl (C=O) groups excluding carboxylic acids is 1. The zero-order chi connectivity index (χ0) is 19.9. The number of hydrogen-bond acceptors (Lipinski definition) is 2. The molecule has 0 spiro atoms. The molecule has 2 N–H and O–H groups in total. The van der Waals surface area contributed by atoms with E-state index >= 15 is 0 Å². The molecule has 3 aromatic rings. The fourth-order valence-electron chi connectivity index (χ4n) is 3.02. The van der Waals surface area contributed by atoms with Gasteiger partial charge < -0.3 is 5.32 Å². The molecule has 0 aromatic heterocycles. The van der Waals surface area contributed by atoms with Gasteiger partial charge in [0.15, 0.2) is 0 Å². The molecule has 0 fully saturated rings. The maximum Gasteiger partial charge on any atom is 0.234 e. The monoisotopic (exact) mass is 380 g/mol. The molecular formula is C23H22F2N2O. The maximum absolute atomic E-state index is 13.3. The first-order chi connectivity index (χ1) is 13.5. The van der Waals surface area contributed by atoms with E-state index in [1.54, 1.807) is 24.3 Å². The molecule has 0 heterocycles. The van der Waals surface area contributed by atoms with Crippen LogP contribution in [0.5, 0.6) is 0 Å². The van der Waals surface area contributed by atoms with Crippen LogP contribution in [0, 0.1) is 18.6 Å². The van der Waals surface area contributed by atoms with Crippen LogP contribution < -0.4 is 10.6 Å². The standard InChI is InChI=1S/C23H22F2N2O/c1-16-3-2-4-17(13-16)14-26-22(28)15-27-23(18-5-9-20(24)10-6-18)19-7-11-21(25)12-8-19/h2-13,23,27H,14-15H2,1H3,(H,26,28). The van der Waals surface area contributed by atoms with Gasteiger partial charge in [-0.1, -0.05) is 54.1 Å². The Kier molecular flexibility index (Phi) is 6.50. The van der Waals surface area contributed by atoms with Crippen LogP contribution in [0.25, 0.3) is 0 Å². The molecule has 0 aliphatic carbocycles. The minimum atomic E-state index is -0.356. The molecule has 0 saturated carbocycles. The summed E-state index contributed by atoms with van der Waals surface area (Å²) in [6.07, 6.45) is 0. The van der Waals surface area contributed by atoms with Crippen LogP contribution in [0.3, 0.4) is 0 Å². The van der Waals surface area contributed by atoms with Crippen LogP contribution in [0.1, 0.15) is 28.3 Å². The minimum Gasteiger partial charge on any atom is -0.351 e. The van der Waals surface area contributed by atoms with Crippen molar-refractivity contribution in [3.63, 3.8) is 0 Å². The summed E-state index contributed by atoms with van der Waals surface area (Å²) in [6.45, 7) is 2.52. The molecule has 3 rings (SSSR count). The molecule has 5 heteroatoms. The number of carbonyl (C=O) groups is 1. The summed E-state index contributed by atoms with van der Waals surface area (Å²) in [5.74, 6) is -0.828. The lowest BCUT2D eigenvalue weighted by Gasteiger charge is -2.20. The molecule has 144 valence electrons. The lowest BCUT2D eigenvalue weighted by atomic mass is 9.98. The second-order valence-electron chi connectivity index (χ2n) is 6.68. The molecule has 0 atom stereocenters. The number of benzene rings is 3. The molecule has 0 saturated heterocycles. The Morgan fingerprint density at radius 3 is 2.00 bits per heavy atom. The quantitative estimate of drug-likeness (QED) is 0.643. The third kappa shape index (κ3) is 5.47. The van der Waals surface area contributed by atoms with E-state index in [1.807, 2.05) is 31.2 Å². The van der Waals surface area contributed by atoms with Gasteiger partial charge in [-0.2, -0.15) is 0 Å². The van der Waals surface area contributed by atoms with Gasteiger partial charge in [0, 0.05) is 6.54 Å². The highest BCUT2D eigenvalue weighted by Gasteiger charge is 2.15. The second-order valence-corrected chi connectivity index (χ2v) is 6.68. The van der Waals surface area contributed by atoms with E-state index in [2.05, 4.69) is 10.6 Å². The highest BCUT2D eigenvalue weighted by Crippen LogP contribution is 2.22. The summed E-state index contributed by atoms with van der Waals surface area (Å²) in [7, 11) is 0. The molecular weight excluding hydrogens is 358 g/mol. The van der Waals surface area contributed by atoms with E-state index in [0.717, 1.165) is 22.3 Å². The Morgan fingerprint density at radius 1 is 0.893 bits per heavy atom. The van der Waals surface area contributed by atoms with Crippen LogP contribution >= 0.6 is 0 Å². The normalized spacial score (nSPS) is 10.9. The van der Waals surface area contributed by atoms with E-state index in [9.17, 15) is 13.6 Å². The van der Waals surface area contributed by atoms with Gasteiger partial charge in [-0.25, -0.2) is 8.78 Å². The third-order valence-electron chi connectivity index (χ3n) is 4.45. The minimum absolute atomic E-state index is 0.0746. The number of nitrogens with one attached hydrogen (secondary N) is 2. The van der Waals surface area contributed by atoms with Gasteiger partial charge in [-0.15, -0.1) is 0 Å². The lowest BCUT2D eigenvalue weighted by Crippen LogP contribution is -2.35.